The smallest absolute Gasteiger partial charge is 0.253 e. The van der Waals surface area contributed by atoms with Gasteiger partial charge in [0.1, 0.15) is 6.10 Å². The van der Waals surface area contributed by atoms with Crippen LogP contribution in [0.2, 0.25) is 0 Å². The van der Waals surface area contributed by atoms with Gasteiger partial charge in [-0.15, -0.1) is 0 Å². The van der Waals surface area contributed by atoms with E-state index in [1.165, 1.54) is 12.8 Å². The third-order valence-corrected chi connectivity index (χ3v) is 3.94. The molecule has 0 bridgehead atoms. The third-order valence-electron chi connectivity index (χ3n) is 3.94. The Bertz CT molecular complexity index is 438. The van der Waals surface area contributed by atoms with Crippen molar-refractivity contribution < 1.29 is 14.6 Å². The Kier molecular flexibility index (Phi) is 6.21. The number of rotatable bonds is 7. The molecule has 4 heteroatoms. The fourth-order valence-electron chi connectivity index (χ4n) is 2.71. The molecule has 1 atom stereocenters. The van der Waals surface area contributed by atoms with Crippen molar-refractivity contribution in [3.05, 3.63) is 29.8 Å². The van der Waals surface area contributed by atoms with Crippen LogP contribution < -0.4 is 5.32 Å². The van der Waals surface area contributed by atoms with Crippen LogP contribution in [0.1, 0.15) is 44.6 Å². The summed E-state index contributed by atoms with van der Waals surface area (Å²) in [6.07, 6.45) is 5.74. The van der Waals surface area contributed by atoms with Crippen molar-refractivity contribution in [2.75, 3.05) is 11.9 Å². The number of ether oxygens (including phenoxy) is 1. The van der Waals surface area contributed by atoms with E-state index in [1.54, 1.807) is 0 Å². The lowest BCUT2D eigenvalue weighted by Gasteiger charge is -2.20. The van der Waals surface area contributed by atoms with Crippen molar-refractivity contribution in [2.45, 2.75) is 57.7 Å². The molecule has 1 unspecified atom stereocenters. The Hall–Kier alpha value is -1.39. The summed E-state index contributed by atoms with van der Waals surface area (Å²) in [6.45, 7) is 2.11. The van der Waals surface area contributed by atoms with Crippen molar-refractivity contribution in [3.8, 4) is 0 Å². The maximum absolute atomic E-state index is 12.3. The molecule has 2 N–H and O–H groups in total. The van der Waals surface area contributed by atoms with Crippen LogP contribution in [-0.4, -0.2) is 29.8 Å². The van der Waals surface area contributed by atoms with Crippen molar-refractivity contribution >= 4 is 11.6 Å². The highest BCUT2D eigenvalue weighted by Gasteiger charge is 2.24. The maximum Gasteiger partial charge on any atom is 0.253 e. The van der Waals surface area contributed by atoms with E-state index in [0.29, 0.717) is 12.8 Å². The quantitative estimate of drug-likeness (QED) is 0.812. The van der Waals surface area contributed by atoms with Crippen LogP contribution in [-0.2, 0) is 16.0 Å². The minimum Gasteiger partial charge on any atom is -0.396 e. The van der Waals surface area contributed by atoms with Gasteiger partial charge < -0.3 is 15.2 Å². The predicted molar refractivity (Wildman–Crippen MR) is 83.3 cm³/mol. The number of nitrogens with one attached hydrogen (secondary N) is 1. The number of hydrogen-bond acceptors (Lipinski definition) is 3. The normalized spacial score (nSPS) is 16.9. The fraction of sp³-hybridized carbons (Fsp3) is 0.588. The molecule has 0 radical (unpaired) electrons. The first kappa shape index (κ1) is 16.0. The van der Waals surface area contributed by atoms with E-state index in [4.69, 9.17) is 9.84 Å². The molecule has 1 aliphatic carbocycles. The molecular weight excluding hydrogens is 266 g/mol. The van der Waals surface area contributed by atoms with Gasteiger partial charge in [0.25, 0.3) is 5.91 Å². The highest BCUT2D eigenvalue weighted by molar-refractivity contribution is 5.94. The summed E-state index contributed by atoms with van der Waals surface area (Å²) in [5.74, 6) is -0.0701. The topological polar surface area (TPSA) is 58.6 Å². The van der Waals surface area contributed by atoms with Crippen LogP contribution in [0.15, 0.2) is 24.3 Å². The average molecular weight is 291 g/mol. The second kappa shape index (κ2) is 8.15. The second-order valence-electron chi connectivity index (χ2n) is 5.60. The van der Waals surface area contributed by atoms with Crippen molar-refractivity contribution in [3.63, 3.8) is 0 Å². The molecule has 1 aliphatic rings. The van der Waals surface area contributed by atoms with E-state index in [0.717, 1.165) is 24.1 Å². The molecule has 1 fully saturated rings. The Balaban J connectivity index is 1.88. The van der Waals surface area contributed by atoms with Gasteiger partial charge in [-0.2, -0.15) is 0 Å². The van der Waals surface area contributed by atoms with Gasteiger partial charge in [-0.05, 0) is 43.4 Å². The Morgan fingerprint density at radius 1 is 1.33 bits per heavy atom. The van der Waals surface area contributed by atoms with Crippen LogP contribution in [0, 0.1) is 0 Å². The van der Waals surface area contributed by atoms with Crippen LogP contribution in [0.3, 0.4) is 0 Å². The van der Waals surface area contributed by atoms with E-state index in [-0.39, 0.29) is 24.7 Å². The van der Waals surface area contributed by atoms with Crippen molar-refractivity contribution in [1.82, 2.24) is 0 Å². The minimum absolute atomic E-state index is 0.0701. The first-order valence-corrected chi connectivity index (χ1v) is 7.89. The first-order valence-electron chi connectivity index (χ1n) is 7.89. The SMILES string of the molecule is CCC(OC1CCCC1)C(=O)Nc1ccc(CCO)cc1. The molecule has 0 aromatic heterocycles. The van der Waals surface area contributed by atoms with Gasteiger partial charge >= 0.3 is 0 Å². The Morgan fingerprint density at radius 3 is 2.57 bits per heavy atom. The summed E-state index contributed by atoms with van der Waals surface area (Å²) >= 11 is 0. The van der Waals surface area contributed by atoms with Gasteiger partial charge in [0.15, 0.2) is 0 Å². The zero-order chi connectivity index (χ0) is 15.1. The lowest BCUT2D eigenvalue weighted by molar-refractivity contribution is -0.131. The number of benzene rings is 1. The standard InChI is InChI=1S/C17H25NO3/c1-2-16(21-15-5-3-4-6-15)17(20)18-14-9-7-13(8-10-14)11-12-19/h7-10,15-16,19H,2-6,11-12H2,1H3,(H,18,20). The number of carbonyl (C=O) groups is 1. The molecule has 0 heterocycles. The van der Waals surface area contributed by atoms with Crippen LogP contribution in [0.5, 0.6) is 0 Å². The highest BCUT2D eigenvalue weighted by atomic mass is 16.5. The molecule has 1 amide bonds. The minimum atomic E-state index is -0.370. The number of hydrogen-bond donors (Lipinski definition) is 2. The summed E-state index contributed by atoms with van der Waals surface area (Å²) in [7, 11) is 0. The van der Waals surface area contributed by atoms with Gasteiger partial charge in [0.2, 0.25) is 0 Å². The molecule has 21 heavy (non-hydrogen) atoms. The lowest BCUT2D eigenvalue weighted by Crippen LogP contribution is -2.32. The van der Waals surface area contributed by atoms with E-state index in [2.05, 4.69) is 5.32 Å². The summed E-state index contributed by atoms with van der Waals surface area (Å²) < 4.78 is 5.91. The Morgan fingerprint density at radius 2 is 2.00 bits per heavy atom. The molecule has 0 saturated heterocycles. The van der Waals surface area contributed by atoms with E-state index in [9.17, 15) is 4.79 Å². The van der Waals surface area contributed by atoms with E-state index < -0.39 is 0 Å². The number of aliphatic hydroxyl groups excluding tert-OH is 1. The Labute approximate surface area is 126 Å². The third kappa shape index (κ3) is 4.83. The molecule has 1 aromatic rings. The summed E-state index contributed by atoms with van der Waals surface area (Å²) in [6, 6.07) is 7.57. The lowest BCUT2D eigenvalue weighted by atomic mass is 10.1. The average Bonchev–Trinajstić information content (AvgIpc) is 3.00. The van der Waals surface area contributed by atoms with Gasteiger partial charge in [-0.25, -0.2) is 0 Å². The zero-order valence-electron chi connectivity index (χ0n) is 12.7. The maximum atomic E-state index is 12.3. The number of anilines is 1. The first-order chi connectivity index (χ1) is 10.2. The van der Waals surface area contributed by atoms with Crippen molar-refractivity contribution in [2.24, 2.45) is 0 Å². The molecular formula is C17H25NO3. The molecule has 2 rings (SSSR count). The van der Waals surface area contributed by atoms with Crippen molar-refractivity contribution in [1.29, 1.82) is 0 Å². The van der Waals surface area contributed by atoms with E-state index in [1.807, 2.05) is 31.2 Å². The predicted octanol–water partition coefficient (Wildman–Crippen LogP) is 2.90. The molecule has 0 spiro atoms. The highest BCUT2D eigenvalue weighted by Crippen LogP contribution is 2.23. The summed E-state index contributed by atoms with van der Waals surface area (Å²) in [5, 5.41) is 11.8. The van der Waals surface area contributed by atoms with E-state index >= 15 is 0 Å². The van der Waals surface area contributed by atoms with Gasteiger partial charge in [0, 0.05) is 12.3 Å². The van der Waals surface area contributed by atoms with Gasteiger partial charge in [0.05, 0.1) is 6.10 Å². The fourth-order valence-corrected chi connectivity index (χ4v) is 2.71. The summed E-state index contributed by atoms with van der Waals surface area (Å²) in [5.41, 5.74) is 1.83. The number of aliphatic hydroxyl groups is 1. The second-order valence-corrected chi connectivity index (χ2v) is 5.60. The monoisotopic (exact) mass is 291 g/mol. The van der Waals surface area contributed by atoms with Crippen LogP contribution in [0.4, 0.5) is 5.69 Å². The number of amides is 1. The summed E-state index contributed by atoms with van der Waals surface area (Å²) in [4.78, 5) is 12.3. The number of carbonyl (C=O) groups excluding carboxylic acids is 1. The molecule has 0 aliphatic heterocycles. The zero-order valence-corrected chi connectivity index (χ0v) is 12.7. The van der Waals surface area contributed by atoms with Gasteiger partial charge in [-0.1, -0.05) is 31.9 Å². The largest absolute Gasteiger partial charge is 0.396 e. The molecule has 116 valence electrons. The van der Waals surface area contributed by atoms with Crippen LogP contribution in [0.25, 0.3) is 0 Å². The van der Waals surface area contributed by atoms with Gasteiger partial charge in [-0.3, -0.25) is 4.79 Å². The molecule has 1 aromatic carbocycles. The molecule has 1 saturated carbocycles. The molecule has 4 nitrogen and oxygen atoms in total. The van der Waals surface area contributed by atoms with Crippen LogP contribution >= 0.6 is 0 Å².